The summed E-state index contributed by atoms with van der Waals surface area (Å²) in [5, 5.41) is 0.732. The number of amides is 2. The molecule has 1 heterocycles. The second-order valence-electron chi connectivity index (χ2n) is 8.04. The molecule has 1 aromatic heterocycles. The molecule has 0 aliphatic heterocycles. The van der Waals surface area contributed by atoms with Crippen LogP contribution in [0, 0.1) is 6.92 Å². The monoisotopic (exact) mass is 486 g/mol. The molecule has 2 aromatic carbocycles. The van der Waals surface area contributed by atoms with Crippen LogP contribution in [0.2, 0.25) is 10.0 Å². The van der Waals surface area contributed by atoms with Crippen molar-refractivity contribution in [3.05, 3.63) is 91.6 Å². The Morgan fingerprint density at radius 3 is 2.34 bits per heavy atom. The van der Waals surface area contributed by atoms with Gasteiger partial charge in [0, 0.05) is 27.9 Å². The van der Waals surface area contributed by atoms with Crippen LogP contribution < -0.4 is 0 Å². The first kappa shape index (κ1) is 22.8. The van der Waals surface area contributed by atoms with Gasteiger partial charge < -0.3 is 9.80 Å². The fraction of sp³-hybridized carbons (Fsp3) is 0.280. The smallest absolute Gasteiger partial charge is 0.254 e. The van der Waals surface area contributed by atoms with Crippen molar-refractivity contribution in [2.75, 3.05) is 6.54 Å². The van der Waals surface area contributed by atoms with Gasteiger partial charge in [0.2, 0.25) is 5.91 Å². The molecule has 2 amide bonds. The van der Waals surface area contributed by atoms with Crippen molar-refractivity contribution in [2.24, 2.45) is 0 Å². The average molecular weight is 487 g/mol. The molecule has 0 radical (unpaired) electrons. The van der Waals surface area contributed by atoms with Gasteiger partial charge >= 0.3 is 0 Å². The van der Waals surface area contributed by atoms with Crippen LogP contribution in [0.4, 0.5) is 0 Å². The van der Waals surface area contributed by atoms with Gasteiger partial charge in [-0.1, -0.05) is 53.5 Å². The third-order valence-electron chi connectivity index (χ3n) is 5.43. The van der Waals surface area contributed by atoms with E-state index in [4.69, 9.17) is 23.2 Å². The van der Waals surface area contributed by atoms with E-state index in [0.29, 0.717) is 28.7 Å². The zero-order valence-electron chi connectivity index (χ0n) is 17.8. The fourth-order valence-corrected chi connectivity index (χ4v) is 4.79. The van der Waals surface area contributed by atoms with Gasteiger partial charge in [-0.2, -0.15) is 0 Å². The predicted molar refractivity (Wildman–Crippen MR) is 130 cm³/mol. The molecule has 4 nitrogen and oxygen atoms in total. The zero-order chi connectivity index (χ0) is 22.7. The summed E-state index contributed by atoms with van der Waals surface area (Å²) in [4.78, 5) is 32.5. The molecule has 1 saturated carbocycles. The number of halogens is 2. The number of hydrogen-bond donors (Lipinski definition) is 0. The van der Waals surface area contributed by atoms with Gasteiger partial charge in [-0.15, -0.1) is 11.3 Å². The lowest BCUT2D eigenvalue weighted by Gasteiger charge is -2.28. The Morgan fingerprint density at radius 1 is 0.969 bits per heavy atom. The van der Waals surface area contributed by atoms with Crippen molar-refractivity contribution in [1.29, 1.82) is 0 Å². The Morgan fingerprint density at radius 2 is 1.72 bits per heavy atom. The number of nitrogens with zero attached hydrogens (tertiary/aromatic N) is 2. The summed E-state index contributed by atoms with van der Waals surface area (Å²) in [5.41, 5.74) is 1.51. The highest BCUT2D eigenvalue weighted by Gasteiger charge is 2.35. The van der Waals surface area contributed by atoms with Crippen LogP contribution in [0.25, 0.3) is 0 Å². The summed E-state index contributed by atoms with van der Waals surface area (Å²) in [7, 11) is 0. The Kier molecular flexibility index (Phi) is 7.19. The van der Waals surface area contributed by atoms with Crippen molar-refractivity contribution >= 4 is 46.4 Å². The van der Waals surface area contributed by atoms with Crippen molar-refractivity contribution < 1.29 is 9.59 Å². The molecule has 3 aromatic rings. The van der Waals surface area contributed by atoms with E-state index in [1.54, 1.807) is 34.4 Å². The van der Waals surface area contributed by atoms with Crippen LogP contribution in [0.1, 0.15) is 38.5 Å². The maximum atomic E-state index is 13.4. The topological polar surface area (TPSA) is 40.6 Å². The lowest BCUT2D eigenvalue weighted by Crippen LogP contribution is -2.43. The zero-order valence-corrected chi connectivity index (χ0v) is 20.1. The highest BCUT2D eigenvalue weighted by Crippen LogP contribution is 2.30. The molecular weight excluding hydrogens is 463 g/mol. The minimum absolute atomic E-state index is 0.0426. The van der Waals surface area contributed by atoms with Crippen LogP contribution >= 0.6 is 34.5 Å². The Bertz CT molecular complexity index is 1110. The summed E-state index contributed by atoms with van der Waals surface area (Å²) >= 11 is 13.8. The van der Waals surface area contributed by atoms with Crippen LogP contribution in [0.3, 0.4) is 0 Å². The number of carbonyl (C=O) groups is 2. The van der Waals surface area contributed by atoms with Crippen molar-refractivity contribution in [3.63, 3.8) is 0 Å². The molecule has 0 saturated heterocycles. The minimum atomic E-state index is -0.189. The second kappa shape index (κ2) is 10.1. The van der Waals surface area contributed by atoms with E-state index in [9.17, 15) is 9.59 Å². The molecular formula is C25H24Cl2N2O2S. The number of hydrogen-bond acceptors (Lipinski definition) is 3. The van der Waals surface area contributed by atoms with Gasteiger partial charge in [0.05, 0.1) is 16.6 Å². The van der Waals surface area contributed by atoms with Gasteiger partial charge in [-0.05, 0) is 55.7 Å². The van der Waals surface area contributed by atoms with Crippen molar-refractivity contribution in [1.82, 2.24) is 9.80 Å². The Labute approximate surface area is 202 Å². The summed E-state index contributed by atoms with van der Waals surface area (Å²) in [5.74, 6) is -0.258. The van der Waals surface area contributed by atoms with E-state index in [0.717, 1.165) is 23.3 Å². The molecule has 32 heavy (non-hydrogen) atoms. The maximum absolute atomic E-state index is 13.4. The molecule has 4 rings (SSSR count). The molecule has 1 fully saturated rings. The summed E-state index contributed by atoms with van der Waals surface area (Å²) in [6.45, 7) is 3.12. The Hall–Kier alpha value is -2.34. The third-order valence-corrected chi connectivity index (χ3v) is 7.16. The first-order valence-electron chi connectivity index (χ1n) is 10.5. The SMILES string of the molecule is Cc1ccc(CN(Cc2ccccc2)C(=O)CN(C(=O)c2ccc(Cl)c(Cl)c2)C2CC2)s1. The highest BCUT2D eigenvalue weighted by molar-refractivity contribution is 7.11. The largest absolute Gasteiger partial charge is 0.332 e. The van der Waals surface area contributed by atoms with Crippen LogP contribution in [0.5, 0.6) is 0 Å². The van der Waals surface area contributed by atoms with Gasteiger partial charge in [0.25, 0.3) is 5.91 Å². The summed E-state index contributed by atoms with van der Waals surface area (Å²) in [6, 6.07) is 19.0. The lowest BCUT2D eigenvalue weighted by atomic mass is 10.2. The van der Waals surface area contributed by atoms with E-state index in [2.05, 4.69) is 19.1 Å². The van der Waals surface area contributed by atoms with Crippen molar-refractivity contribution in [2.45, 2.75) is 38.9 Å². The van der Waals surface area contributed by atoms with Crippen LogP contribution in [-0.4, -0.2) is 34.2 Å². The van der Waals surface area contributed by atoms with Crippen LogP contribution in [0.15, 0.2) is 60.7 Å². The quantitative estimate of drug-likeness (QED) is 0.380. The molecule has 166 valence electrons. The van der Waals surface area contributed by atoms with E-state index in [1.165, 1.54) is 4.88 Å². The number of thiophene rings is 1. The van der Waals surface area contributed by atoms with Gasteiger partial charge in [0.1, 0.15) is 6.54 Å². The maximum Gasteiger partial charge on any atom is 0.254 e. The number of aryl methyl sites for hydroxylation is 1. The number of benzene rings is 2. The van der Waals surface area contributed by atoms with E-state index in [1.807, 2.05) is 35.2 Å². The highest BCUT2D eigenvalue weighted by atomic mass is 35.5. The van der Waals surface area contributed by atoms with Crippen LogP contribution in [-0.2, 0) is 17.9 Å². The van der Waals surface area contributed by atoms with E-state index >= 15 is 0 Å². The first-order valence-corrected chi connectivity index (χ1v) is 12.1. The molecule has 1 aliphatic carbocycles. The third kappa shape index (κ3) is 5.71. The second-order valence-corrected chi connectivity index (χ2v) is 10.2. The molecule has 1 aliphatic rings. The van der Waals surface area contributed by atoms with Crippen molar-refractivity contribution in [3.8, 4) is 0 Å². The average Bonchev–Trinajstić information content (AvgIpc) is 3.55. The normalized spacial score (nSPS) is 13.1. The molecule has 0 unspecified atom stereocenters. The molecule has 0 spiro atoms. The summed E-state index contributed by atoms with van der Waals surface area (Å²) < 4.78 is 0. The molecule has 7 heteroatoms. The fourth-order valence-electron chi connectivity index (χ4n) is 3.59. The van der Waals surface area contributed by atoms with Gasteiger partial charge in [-0.25, -0.2) is 0 Å². The standard InChI is InChI=1S/C25H24Cl2N2O2S/c1-17-7-11-21(32-17)15-28(14-18-5-3-2-4-6-18)24(30)16-29(20-9-10-20)25(31)19-8-12-22(26)23(27)13-19/h2-8,11-13,20H,9-10,14-16H2,1H3. The number of rotatable bonds is 8. The first-order chi connectivity index (χ1) is 15.4. The molecule has 0 bridgehead atoms. The molecule has 0 N–H and O–H groups in total. The lowest BCUT2D eigenvalue weighted by molar-refractivity contribution is -0.133. The molecule has 0 atom stereocenters. The van der Waals surface area contributed by atoms with Gasteiger partial charge in [0.15, 0.2) is 0 Å². The van der Waals surface area contributed by atoms with E-state index in [-0.39, 0.29) is 24.4 Å². The van der Waals surface area contributed by atoms with Gasteiger partial charge in [-0.3, -0.25) is 9.59 Å². The minimum Gasteiger partial charge on any atom is -0.332 e. The predicted octanol–water partition coefficient (Wildman–Crippen LogP) is 6.20. The Balaban J connectivity index is 1.54. The number of carbonyl (C=O) groups excluding carboxylic acids is 2. The summed E-state index contributed by atoms with van der Waals surface area (Å²) in [6.07, 6.45) is 1.81. The van der Waals surface area contributed by atoms with E-state index < -0.39 is 0 Å².